The third-order valence-corrected chi connectivity index (χ3v) is 11.1. The number of hydrogen-bond donors (Lipinski definition) is 13. The Bertz CT molecular complexity index is 2370. The Morgan fingerprint density at radius 3 is 2.03 bits per heavy atom. The Kier molecular flexibility index (Phi) is 15.8. The topological polar surface area (TPSA) is 397 Å². The largest absolute Gasteiger partial charge is 0.508 e. The number of carboxylic acid groups (broad SMARTS) is 1. The Labute approximate surface area is 388 Å². The third-order valence-electron chi connectivity index (χ3n) is 11.1. The number of carbonyl (C=O) groups excluding carboxylic acids is 2. The van der Waals surface area contributed by atoms with Crippen LogP contribution in [0.15, 0.2) is 66.4 Å². The van der Waals surface area contributed by atoms with Gasteiger partial charge in [-0.15, -0.1) is 0 Å². The van der Waals surface area contributed by atoms with Crippen molar-refractivity contribution in [3.63, 3.8) is 0 Å². The molecule has 13 N–H and O–H groups in total. The standard InChI is InChI=1S/C44H48O25/c45-19-5-1-17(2-6-19)3-8-31(52)61-15-29-35(56)37(58)41(69-42-38(59)33(54)24(49)14-63-42)44(68-29)66-27-12-21-25(64-40(27)18-4-7-22(47)23(48)9-18)10-20(46)11-26(21)65-43-39(60)36(57)34(55)28(67-43)16-62-32(53)13-30(50)51/h1-12,24,28-29,33-49,54-60H,13-16H2,(H,50,51)/b8-3+/t24-,28-,29-,33-,34-,35-,36-,37-,38-,39+,40?,41+,42+,43-,44-/m1/s1. The maximum absolute atomic E-state index is 12.8. The summed E-state index contributed by atoms with van der Waals surface area (Å²) < 4.78 is 51.6. The molecule has 15 atom stereocenters. The fourth-order valence-electron chi connectivity index (χ4n) is 7.42. The van der Waals surface area contributed by atoms with Gasteiger partial charge in [0.15, 0.2) is 30.0 Å². The summed E-state index contributed by atoms with van der Waals surface area (Å²) in [5, 5.41) is 136. The zero-order valence-corrected chi connectivity index (χ0v) is 35.6. The number of aliphatic carboxylic acids is 1. The van der Waals surface area contributed by atoms with Crippen LogP contribution in [0.2, 0.25) is 0 Å². The third kappa shape index (κ3) is 11.8. The van der Waals surface area contributed by atoms with Crippen LogP contribution in [0.4, 0.5) is 0 Å². The van der Waals surface area contributed by atoms with E-state index in [2.05, 4.69) is 0 Å². The van der Waals surface area contributed by atoms with Crippen molar-refractivity contribution < 1.29 is 123 Å². The molecule has 3 saturated heterocycles. The molecule has 3 fully saturated rings. The highest BCUT2D eigenvalue weighted by atomic mass is 16.8. The quantitative estimate of drug-likeness (QED) is 0.0330. The minimum absolute atomic E-state index is 0.0144. The first-order valence-corrected chi connectivity index (χ1v) is 20.9. The molecule has 0 spiro atoms. The average molecular weight is 977 g/mol. The van der Waals surface area contributed by atoms with Gasteiger partial charge in [0.1, 0.15) is 109 Å². The first-order valence-electron chi connectivity index (χ1n) is 20.9. The number of phenolic OH excluding ortho intramolecular Hbond substituents is 4. The molecular formula is C44H48O25. The van der Waals surface area contributed by atoms with E-state index in [1.165, 1.54) is 42.5 Å². The van der Waals surface area contributed by atoms with Gasteiger partial charge in [0.05, 0.1) is 12.2 Å². The number of hydrogen-bond acceptors (Lipinski definition) is 24. The number of esters is 2. The molecule has 0 aliphatic carbocycles. The van der Waals surface area contributed by atoms with Crippen LogP contribution in [0, 0.1) is 0 Å². The van der Waals surface area contributed by atoms with Crippen molar-refractivity contribution in [3.05, 3.63) is 83.1 Å². The number of rotatable bonds is 15. The molecule has 25 heteroatoms. The molecule has 3 aromatic carbocycles. The minimum Gasteiger partial charge on any atom is -0.508 e. The van der Waals surface area contributed by atoms with E-state index >= 15 is 0 Å². The molecule has 7 rings (SSSR count). The van der Waals surface area contributed by atoms with Crippen molar-refractivity contribution >= 4 is 30.1 Å². The minimum atomic E-state index is -2.03. The van der Waals surface area contributed by atoms with Gasteiger partial charge in [-0.3, -0.25) is 9.59 Å². The number of aromatic hydroxyl groups is 4. The van der Waals surface area contributed by atoms with Crippen LogP contribution in [-0.2, 0) is 47.5 Å². The second-order valence-electron chi connectivity index (χ2n) is 16.1. The van der Waals surface area contributed by atoms with Crippen LogP contribution in [-0.4, -0.2) is 190 Å². The number of carboxylic acids is 1. The van der Waals surface area contributed by atoms with Crippen LogP contribution in [0.5, 0.6) is 34.5 Å². The number of aliphatic hydroxyl groups excluding tert-OH is 8. The number of fused-ring (bicyclic) bond motifs is 1. The summed E-state index contributed by atoms with van der Waals surface area (Å²) in [6.07, 6.45) is -24.8. The van der Waals surface area contributed by atoms with E-state index in [0.29, 0.717) is 5.56 Å². The lowest BCUT2D eigenvalue weighted by molar-refractivity contribution is -0.352. The van der Waals surface area contributed by atoms with Gasteiger partial charge in [-0.25, -0.2) is 4.79 Å². The van der Waals surface area contributed by atoms with Crippen molar-refractivity contribution in [2.24, 2.45) is 0 Å². The molecule has 4 aliphatic heterocycles. The van der Waals surface area contributed by atoms with Crippen LogP contribution < -0.4 is 9.47 Å². The molecule has 0 bridgehead atoms. The zero-order valence-electron chi connectivity index (χ0n) is 35.6. The second kappa shape index (κ2) is 21.5. The molecule has 0 radical (unpaired) electrons. The lowest BCUT2D eigenvalue weighted by atomic mass is 9.97. The van der Waals surface area contributed by atoms with E-state index in [1.54, 1.807) is 0 Å². The maximum atomic E-state index is 12.8. The van der Waals surface area contributed by atoms with E-state index in [4.69, 9.17) is 47.7 Å². The van der Waals surface area contributed by atoms with Crippen molar-refractivity contribution in [3.8, 4) is 34.5 Å². The van der Waals surface area contributed by atoms with Gasteiger partial charge in [-0.05, 0) is 42.0 Å². The van der Waals surface area contributed by atoms with Crippen LogP contribution in [0.25, 0.3) is 12.2 Å². The summed E-state index contributed by atoms with van der Waals surface area (Å²) in [6, 6.07) is 11.4. The number of ether oxygens (including phenoxy) is 9. The maximum Gasteiger partial charge on any atom is 0.330 e. The van der Waals surface area contributed by atoms with E-state index in [0.717, 1.165) is 30.3 Å². The van der Waals surface area contributed by atoms with E-state index in [-0.39, 0.29) is 34.1 Å². The van der Waals surface area contributed by atoms with Crippen LogP contribution in [0.1, 0.15) is 29.2 Å². The molecule has 4 aliphatic rings. The zero-order chi connectivity index (χ0) is 49.8. The Balaban J connectivity index is 1.22. The molecule has 0 saturated carbocycles. The Morgan fingerprint density at radius 1 is 0.667 bits per heavy atom. The molecule has 69 heavy (non-hydrogen) atoms. The monoisotopic (exact) mass is 976 g/mol. The predicted octanol–water partition coefficient (Wildman–Crippen LogP) is -2.27. The normalized spacial score (nSPS) is 32.2. The number of carbonyl (C=O) groups is 3. The molecule has 1 unspecified atom stereocenters. The van der Waals surface area contributed by atoms with Crippen LogP contribution >= 0.6 is 0 Å². The number of aliphatic hydroxyl groups is 8. The van der Waals surface area contributed by atoms with Gasteiger partial charge in [0.2, 0.25) is 12.6 Å². The fourth-order valence-corrected chi connectivity index (χ4v) is 7.42. The summed E-state index contributed by atoms with van der Waals surface area (Å²) in [5.41, 5.74) is 0.447. The summed E-state index contributed by atoms with van der Waals surface area (Å²) >= 11 is 0. The number of benzene rings is 3. The molecule has 25 nitrogen and oxygen atoms in total. The van der Waals surface area contributed by atoms with Crippen molar-refractivity contribution in [1.82, 2.24) is 0 Å². The summed E-state index contributed by atoms with van der Waals surface area (Å²) in [7, 11) is 0. The highest BCUT2D eigenvalue weighted by Crippen LogP contribution is 2.47. The summed E-state index contributed by atoms with van der Waals surface area (Å²) in [4.78, 5) is 35.7. The Morgan fingerprint density at radius 2 is 1.33 bits per heavy atom. The molecule has 3 aromatic rings. The second-order valence-corrected chi connectivity index (χ2v) is 16.1. The lowest BCUT2D eigenvalue weighted by Gasteiger charge is -2.45. The number of phenols is 4. The molecule has 374 valence electrons. The first-order chi connectivity index (χ1) is 32.8. The predicted molar refractivity (Wildman–Crippen MR) is 222 cm³/mol. The molecule has 0 amide bonds. The Hall–Kier alpha value is -6.33. The van der Waals surface area contributed by atoms with Crippen LogP contribution in [0.3, 0.4) is 0 Å². The van der Waals surface area contributed by atoms with Gasteiger partial charge in [0, 0.05) is 23.8 Å². The van der Waals surface area contributed by atoms with Crippen molar-refractivity contribution in [1.29, 1.82) is 0 Å². The highest BCUT2D eigenvalue weighted by molar-refractivity contribution is 5.90. The smallest absolute Gasteiger partial charge is 0.330 e. The van der Waals surface area contributed by atoms with Gasteiger partial charge < -0.3 is 109 Å². The lowest BCUT2D eigenvalue weighted by Crippen LogP contribution is -2.63. The van der Waals surface area contributed by atoms with E-state index in [1.807, 2.05) is 0 Å². The summed E-state index contributed by atoms with van der Waals surface area (Å²) in [5.74, 6) is -6.27. The molecule has 0 aromatic heterocycles. The average Bonchev–Trinajstić information content (AvgIpc) is 3.31. The molecular weight excluding hydrogens is 928 g/mol. The van der Waals surface area contributed by atoms with Gasteiger partial charge in [-0.2, -0.15) is 0 Å². The SMILES string of the molecule is O=C(O)CC(=O)OC[C@H]1O[C@@H](Oc2cc(O)cc3c2C=C(O[C@@H]2O[C@H](COC(=O)/C=C/c4ccc(O)cc4)[C@@H](O)[C@@H](O)[C@@H]2O[C@@H]2OC[C@@H](O)[C@@H](O)[C@H]2O)C(c2ccc(O)c(O)c2)O3)[C@@H](O)[C@H](O)[C@@H]1O. The van der Waals surface area contributed by atoms with Gasteiger partial charge in [0.25, 0.3) is 0 Å². The van der Waals surface area contributed by atoms with Gasteiger partial charge >= 0.3 is 17.9 Å². The fraction of sp³-hybridized carbons (Fsp3) is 0.432. The van der Waals surface area contributed by atoms with Crippen molar-refractivity contribution in [2.75, 3.05) is 19.8 Å². The first kappa shape index (κ1) is 50.5. The van der Waals surface area contributed by atoms with Crippen molar-refractivity contribution in [2.45, 2.75) is 98.5 Å². The van der Waals surface area contributed by atoms with E-state index in [9.17, 15) is 75.7 Å². The summed E-state index contributed by atoms with van der Waals surface area (Å²) in [6.45, 7) is -2.09. The van der Waals surface area contributed by atoms with Gasteiger partial charge in [-0.1, -0.05) is 18.2 Å². The highest BCUT2D eigenvalue weighted by Gasteiger charge is 2.52. The molecule has 4 heterocycles. The van der Waals surface area contributed by atoms with E-state index < -0.39 is 154 Å².